The maximum Gasteiger partial charge on any atom is 0.349 e. The van der Waals surface area contributed by atoms with Crippen LogP contribution in [0.5, 0.6) is 5.75 Å². The summed E-state index contributed by atoms with van der Waals surface area (Å²) in [6.07, 6.45) is 2.53. The van der Waals surface area contributed by atoms with E-state index in [4.69, 9.17) is 9.15 Å². The Morgan fingerprint density at radius 3 is 2.79 bits per heavy atom. The molecule has 28 heavy (non-hydrogen) atoms. The van der Waals surface area contributed by atoms with Crippen LogP contribution in [0.4, 0.5) is 0 Å². The highest BCUT2D eigenvalue weighted by Gasteiger charge is 2.12. The molecule has 5 heteroatoms. The molecule has 0 aliphatic carbocycles. The summed E-state index contributed by atoms with van der Waals surface area (Å²) < 4.78 is 10.8. The van der Waals surface area contributed by atoms with Crippen LogP contribution in [0.25, 0.3) is 11.0 Å². The lowest BCUT2D eigenvalue weighted by molar-refractivity contribution is 0.0955. The Hall–Kier alpha value is -3.78. The van der Waals surface area contributed by atoms with E-state index in [1.165, 1.54) is 6.07 Å². The first-order valence-corrected chi connectivity index (χ1v) is 8.77. The molecule has 3 rings (SSSR count). The molecular weight excluding hydrogens is 354 g/mol. The van der Waals surface area contributed by atoms with Gasteiger partial charge in [-0.3, -0.25) is 4.79 Å². The van der Waals surface area contributed by atoms with Crippen LogP contribution in [0, 0.1) is 11.8 Å². The van der Waals surface area contributed by atoms with Crippen molar-refractivity contribution in [3.05, 3.63) is 88.8 Å². The molecule has 1 heterocycles. The number of para-hydroxylation sites is 2. The van der Waals surface area contributed by atoms with Gasteiger partial charge in [0.05, 0.1) is 6.54 Å². The zero-order valence-electron chi connectivity index (χ0n) is 15.2. The maximum absolute atomic E-state index is 12.2. The third kappa shape index (κ3) is 4.68. The van der Waals surface area contributed by atoms with E-state index in [9.17, 15) is 9.59 Å². The summed E-state index contributed by atoms with van der Waals surface area (Å²) in [5.74, 6) is 5.88. The lowest BCUT2D eigenvalue weighted by Gasteiger charge is -2.07. The monoisotopic (exact) mass is 373 g/mol. The molecule has 1 N–H and O–H groups in total. The molecule has 0 atom stereocenters. The number of ether oxygens (including phenoxy) is 1. The second-order valence-corrected chi connectivity index (χ2v) is 5.91. The van der Waals surface area contributed by atoms with Gasteiger partial charge in [-0.1, -0.05) is 54.3 Å². The molecule has 1 amide bonds. The molecule has 0 aliphatic rings. The van der Waals surface area contributed by atoms with Crippen molar-refractivity contribution < 1.29 is 13.9 Å². The minimum atomic E-state index is -0.675. The van der Waals surface area contributed by atoms with Crippen molar-refractivity contribution in [2.75, 3.05) is 13.2 Å². The molecule has 2 aromatic carbocycles. The number of amides is 1. The number of carbonyl (C=O) groups excluding carboxylic acids is 1. The molecular formula is C23H19NO4. The predicted molar refractivity (Wildman–Crippen MR) is 108 cm³/mol. The fourth-order valence-electron chi connectivity index (χ4n) is 2.64. The summed E-state index contributed by atoms with van der Waals surface area (Å²) >= 11 is 0. The standard InChI is InChI=1S/C23H19NO4/c1-2-9-17-10-3-5-12-20(17)27-15-8-7-14-24-22(25)19-16-18-11-4-6-13-21(18)28-23(19)26/h2-6,10-13,16H,1,9,14-15H2,(H,24,25). The van der Waals surface area contributed by atoms with Gasteiger partial charge < -0.3 is 14.5 Å². The Labute approximate surface area is 162 Å². The van der Waals surface area contributed by atoms with Gasteiger partial charge in [-0.25, -0.2) is 4.79 Å². The molecule has 0 spiro atoms. The van der Waals surface area contributed by atoms with Crippen molar-refractivity contribution in [2.45, 2.75) is 6.42 Å². The zero-order valence-corrected chi connectivity index (χ0v) is 15.2. The van der Waals surface area contributed by atoms with Gasteiger partial charge in [-0.05, 0) is 30.2 Å². The van der Waals surface area contributed by atoms with Crippen molar-refractivity contribution in [1.82, 2.24) is 5.32 Å². The van der Waals surface area contributed by atoms with E-state index in [2.05, 4.69) is 23.7 Å². The van der Waals surface area contributed by atoms with Gasteiger partial charge in [-0.2, -0.15) is 0 Å². The molecule has 3 aromatic rings. The van der Waals surface area contributed by atoms with Crippen LogP contribution in [-0.4, -0.2) is 19.1 Å². The van der Waals surface area contributed by atoms with Gasteiger partial charge in [0.1, 0.15) is 23.5 Å². The first-order chi connectivity index (χ1) is 13.7. The van der Waals surface area contributed by atoms with Crippen LogP contribution in [0.3, 0.4) is 0 Å². The van der Waals surface area contributed by atoms with Crippen LogP contribution in [-0.2, 0) is 6.42 Å². The molecule has 0 unspecified atom stereocenters. The topological polar surface area (TPSA) is 68.5 Å². The van der Waals surface area contributed by atoms with E-state index in [-0.39, 0.29) is 18.7 Å². The first-order valence-electron chi connectivity index (χ1n) is 8.77. The fraction of sp³-hybridized carbons (Fsp3) is 0.130. The van der Waals surface area contributed by atoms with Gasteiger partial charge in [0.2, 0.25) is 0 Å². The average Bonchev–Trinajstić information content (AvgIpc) is 2.71. The number of benzene rings is 2. The largest absolute Gasteiger partial charge is 0.481 e. The number of carbonyl (C=O) groups is 1. The number of hydrogen-bond acceptors (Lipinski definition) is 4. The molecule has 0 aliphatic heterocycles. The third-order valence-corrected chi connectivity index (χ3v) is 3.99. The number of rotatable bonds is 6. The van der Waals surface area contributed by atoms with E-state index in [1.807, 2.05) is 36.4 Å². The third-order valence-electron chi connectivity index (χ3n) is 3.99. The molecule has 0 saturated carbocycles. The van der Waals surface area contributed by atoms with E-state index in [0.29, 0.717) is 17.4 Å². The number of fused-ring (bicyclic) bond motifs is 1. The normalized spacial score (nSPS) is 10.0. The highest BCUT2D eigenvalue weighted by Crippen LogP contribution is 2.18. The van der Waals surface area contributed by atoms with Crippen molar-refractivity contribution in [3.63, 3.8) is 0 Å². The van der Waals surface area contributed by atoms with Crippen LogP contribution >= 0.6 is 0 Å². The van der Waals surface area contributed by atoms with E-state index in [0.717, 1.165) is 11.3 Å². The summed E-state index contributed by atoms with van der Waals surface area (Å²) in [5.41, 5.74) is 0.759. The first kappa shape index (κ1) is 19.0. The summed E-state index contributed by atoms with van der Waals surface area (Å²) in [7, 11) is 0. The Morgan fingerprint density at radius 2 is 1.93 bits per heavy atom. The van der Waals surface area contributed by atoms with Gasteiger partial charge in [-0.15, -0.1) is 6.58 Å². The van der Waals surface area contributed by atoms with E-state index in [1.54, 1.807) is 18.2 Å². The van der Waals surface area contributed by atoms with Gasteiger partial charge in [0.25, 0.3) is 5.91 Å². The minimum Gasteiger partial charge on any atom is -0.481 e. The van der Waals surface area contributed by atoms with Crippen LogP contribution in [0.15, 0.2) is 76.5 Å². The van der Waals surface area contributed by atoms with Gasteiger partial charge in [0, 0.05) is 5.39 Å². The molecule has 1 aromatic heterocycles. The lowest BCUT2D eigenvalue weighted by Crippen LogP contribution is -2.28. The fourth-order valence-corrected chi connectivity index (χ4v) is 2.64. The number of nitrogens with one attached hydrogen (secondary N) is 1. The van der Waals surface area contributed by atoms with Crippen molar-refractivity contribution in [3.8, 4) is 17.6 Å². The quantitative estimate of drug-likeness (QED) is 0.409. The molecule has 5 nitrogen and oxygen atoms in total. The molecule has 0 bridgehead atoms. The zero-order chi connectivity index (χ0) is 19.8. The Morgan fingerprint density at radius 1 is 1.14 bits per heavy atom. The van der Waals surface area contributed by atoms with Crippen LogP contribution in [0.2, 0.25) is 0 Å². The average molecular weight is 373 g/mol. The van der Waals surface area contributed by atoms with Crippen molar-refractivity contribution in [1.29, 1.82) is 0 Å². The summed E-state index contributed by atoms with van der Waals surface area (Å²) in [4.78, 5) is 24.2. The number of allylic oxidation sites excluding steroid dienone is 1. The van der Waals surface area contributed by atoms with Crippen LogP contribution in [0.1, 0.15) is 15.9 Å². The maximum atomic E-state index is 12.2. The van der Waals surface area contributed by atoms with E-state index < -0.39 is 11.5 Å². The minimum absolute atomic E-state index is 0.0462. The van der Waals surface area contributed by atoms with Gasteiger partial charge >= 0.3 is 5.63 Å². The predicted octanol–water partition coefficient (Wildman–Crippen LogP) is 3.33. The van der Waals surface area contributed by atoms with Crippen molar-refractivity contribution >= 4 is 16.9 Å². The number of hydrogen-bond donors (Lipinski definition) is 1. The van der Waals surface area contributed by atoms with Crippen LogP contribution < -0.4 is 15.7 Å². The van der Waals surface area contributed by atoms with Crippen molar-refractivity contribution in [2.24, 2.45) is 0 Å². The van der Waals surface area contributed by atoms with E-state index >= 15 is 0 Å². The Balaban J connectivity index is 1.55. The SMILES string of the molecule is C=CCc1ccccc1OCC#CCNC(=O)c1cc2ccccc2oc1=O. The Kier molecular flexibility index (Phi) is 6.27. The highest BCUT2D eigenvalue weighted by molar-refractivity contribution is 5.96. The summed E-state index contributed by atoms with van der Waals surface area (Å²) in [6, 6.07) is 16.2. The van der Waals surface area contributed by atoms with Gasteiger partial charge in [0.15, 0.2) is 0 Å². The molecule has 0 radical (unpaired) electrons. The smallest absolute Gasteiger partial charge is 0.349 e. The molecule has 0 fully saturated rings. The second kappa shape index (κ2) is 9.24. The highest BCUT2D eigenvalue weighted by atomic mass is 16.5. The summed E-state index contributed by atoms with van der Waals surface area (Å²) in [5, 5.41) is 3.28. The second-order valence-electron chi connectivity index (χ2n) is 5.91. The lowest BCUT2D eigenvalue weighted by atomic mass is 10.1. The molecule has 0 saturated heterocycles. The Bertz CT molecular complexity index is 1120. The molecule has 140 valence electrons. The summed E-state index contributed by atoms with van der Waals surface area (Å²) in [6.45, 7) is 4.03.